The molecule has 1 nitrogen and oxygen atoms in total. The minimum Gasteiger partial charge on any atom is -0.508 e. The second kappa shape index (κ2) is 6.16. The van der Waals surface area contributed by atoms with Gasteiger partial charge in [-0.05, 0) is 55.4 Å². The minimum atomic E-state index is 0.0813. The molecule has 1 fully saturated rings. The molecule has 0 radical (unpaired) electrons. The highest BCUT2D eigenvalue weighted by Crippen LogP contribution is 2.49. The lowest BCUT2D eigenvalue weighted by Gasteiger charge is -2.40. The van der Waals surface area contributed by atoms with E-state index in [4.69, 9.17) is 0 Å². The van der Waals surface area contributed by atoms with Crippen molar-refractivity contribution >= 4 is 0 Å². The van der Waals surface area contributed by atoms with E-state index in [1.165, 1.54) is 42.4 Å². The Kier molecular flexibility index (Phi) is 4.24. The summed E-state index contributed by atoms with van der Waals surface area (Å²) in [6.07, 6.45) is 6.41. The monoisotopic (exact) mass is 294 g/mol. The first-order valence-corrected chi connectivity index (χ1v) is 8.53. The smallest absolute Gasteiger partial charge is 0.115 e. The van der Waals surface area contributed by atoms with Gasteiger partial charge in [0.1, 0.15) is 5.75 Å². The third-order valence-electron chi connectivity index (χ3n) is 5.56. The predicted octanol–water partition coefficient (Wildman–Crippen LogP) is 5.59. The molecule has 3 rings (SSSR count). The molecule has 1 atom stereocenters. The molecule has 1 aliphatic carbocycles. The summed E-state index contributed by atoms with van der Waals surface area (Å²) in [4.78, 5) is 0. The summed E-state index contributed by atoms with van der Waals surface area (Å²) in [7, 11) is 0. The van der Waals surface area contributed by atoms with Gasteiger partial charge < -0.3 is 5.11 Å². The van der Waals surface area contributed by atoms with Gasteiger partial charge in [-0.3, -0.25) is 0 Å². The second-order valence-corrected chi connectivity index (χ2v) is 6.72. The molecule has 0 saturated heterocycles. The Bertz CT molecular complexity index is 558. The van der Waals surface area contributed by atoms with Gasteiger partial charge >= 0.3 is 0 Å². The van der Waals surface area contributed by atoms with Crippen LogP contribution in [0.5, 0.6) is 5.75 Å². The van der Waals surface area contributed by atoms with E-state index in [1.807, 2.05) is 12.1 Å². The number of benzene rings is 2. The van der Waals surface area contributed by atoms with E-state index >= 15 is 0 Å². The highest BCUT2D eigenvalue weighted by molar-refractivity contribution is 5.43. The number of aromatic hydroxyl groups is 1. The van der Waals surface area contributed by atoms with Crippen molar-refractivity contribution in [3.8, 4) is 5.75 Å². The van der Waals surface area contributed by atoms with Crippen LogP contribution in [0.3, 0.4) is 0 Å². The Morgan fingerprint density at radius 1 is 0.909 bits per heavy atom. The Hall–Kier alpha value is -1.76. The molecule has 1 saturated carbocycles. The summed E-state index contributed by atoms with van der Waals surface area (Å²) < 4.78 is 0. The van der Waals surface area contributed by atoms with Crippen LogP contribution in [-0.4, -0.2) is 5.11 Å². The average molecular weight is 294 g/mol. The Morgan fingerprint density at radius 2 is 1.41 bits per heavy atom. The van der Waals surface area contributed by atoms with Crippen LogP contribution in [0.4, 0.5) is 0 Å². The molecule has 116 valence electrons. The molecular formula is C21H26O. The number of aryl methyl sites for hydroxylation is 1. The van der Waals surface area contributed by atoms with Crippen molar-refractivity contribution in [2.45, 2.75) is 51.4 Å². The van der Waals surface area contributed by atoms with Gasteiger partial charge in [0.25, 0.3) is 0 Å². The fourth-order valence-corrected chi connectivity index (χ4v) is 4.36. The first-order valence-electron chi connectivity index (χ1n) is 8.53. The van der Waals surface area contributed by atoms with E-state index in [2.05, 4.69) is 50.2 Å². The van der Waals surface area contributed by atoms with Gasteiger partial charge in [-0.2, -0.15) is 0 Å². The van der Waals surface area contributed by atoms with E-state index in [0.717, 1.165) is 6.42 Å². The molecule has 1 unspecified atom stereocenters. The standard InChI is InChI=1S/C21H26O/c1-3-21(17-6-4-5-7-17,18-10-8-16(2)9-11-18)19-12-14-20(22)15-13-19/h8-15,17,22H,3-7H2,1-2H3. The van der Waals surface area contributed by atoms with Gasteiger partial charge in [-0.25, -0.2) is 0 Å². The topological polar surface area (TPSA) is 20.2 Å². The van der Waals surface area contributed by atoms with Gasteiger partial charge in [0, 0.05) is 5.41 Å². The molecule has 0 aliphatic heterocycles. The molecule has 0 bridgehead atoms. The van der Waals surface area contributed by atoms with Gasteiger partial charge in [-0.15, -0.1) is 0 Å². The normalized spacial score (nSPS) is 18.3. The number of rotatable bonds is 4. The predicted molar refractivity (Wildman–Crippen MR) is 92.3 cm³/mol. The Labute approximate surface area is 134 Å². The van der Waals surface area contributed by atoms with Crippen molar-refractivity contribution in [2.24, 2.45) is 5.92 Å². The zero-order valence-electron chi connectivity index (χ0n) is 13.7. The lowest BCUT2D eigenvalue weighted by atomic mass is 9.63. The maximum atomic E-state index is 9.67. The average Bonchev–Trinajstić information content (AvgIpc) is 3.07. The molecule has 22 heavy (non-hydrogen) atoms. The fourth-order valence-electron chi connectivity index (χ4n) is 4.36. The van der Waals surface area contributed by atoms with Gasteiger partial charge in [0.15, 0.2) is 0 Å². The summed E-state index contributed by atoms with van der Waals surface area (Å²) >= 11 is 0. The zero-order valence-corrected chi connectivity index (χ0v) is 13.7. The van der Waals surface area contributed by atoms with Crippen molar-refractivity contribution in [3.05, 3.63) is 65.2 Å². The first-order chi connectivity index (χ1) is 10.7. The van der Waals surface area contributed by atoms with Crippen molar-refractivity contribution < 1.29 is 5.11 Å². The number of hydrogen-bond donors (Lipinski definition) is 1. The first kappa shape index (κ1) is 15.1. The molecule has 1 aliphatic rings. The van der Waals surface area contributed by atoms with Crippen LogP contribution in [0.25, 0.3) is 0 Å². The summed E-state index contributed by atoms with van der Waals surface area (Å²) in [5.74, 6) is 1.05. The maximum Gasteiger partial charge on any atom is 0.115 e. The van der Waals surface area contributed by atoms with Crippen molar-refractivity contribution in [3.63, 3.8) is 0 Å². The van der Waals surface area contributed by atoms with Crippen molar-refractivity contribution in [1.82, 2.24) is 0 Å². The maximum absolute atomic E-state index is 9.67. The van der Waals surface area contributed by atoms with E-state index in [1.54, 1.807) is 0 Å². The number of phenolic OH excluding ortho intramolecular Hbond substituents is 1. The van der Waals surface area contributed by atoms with Gasteiger partial charge in [-0.1, -0.05) is 61.7 Å². The zero-order chi connectivity index (χ0) is 15.6. The van der Waals surface area contributed by atoms with Crippen molar-refractivity contribution in [2.75, 3.05) is 0 Å². The Balaban J connectivity index is 2.15. The molecule has 1 N–H and O–H groups in total. The summed E-state index contributed by atoms with van der Waals surface area (Å²) in [5, 5.41) is 9.67. The summed E-state index contributed by atoms with van der Waals surface area (Å²) in [6, 6.07) is 17.0. The molecule has 2 aromatic carbocycles. The number of hydrogen-bond acceptors (Lipinski definition) is 1. The quantitative estimate of drug-likeness (QED) is 0.779. The molecule has 1 heteroatoms. The lowest BCUT2D eigenvalue weighted by Crippen LogP contribution is -2.34. The van der Waals surface area contributed by atoms with Crippen LogP contribution >= 0.6 is 0 Å². The molecule has 0 amide bonds. The fraction of sp³-hybridized carbons (Fsp3) is 0.429. The van der Waals surface area contributed by atoms with E-state index in [-0.39, 0.29) is 5.41 Å². The van der Waals surface area contributed by atoms with Crippen LogP contribution in [0, 0.1) is 12.8 Å². The molecular weight excluding hydrogens is 268 g/mol. The second-order valence-electron chi connectivity index (χ2n) is 6.72. The third-order valence-corrected chi connectivity index (χ3v) is 5.56. The van der Waals surface area contributed by atoms with Crippen LogP contribution in [0.2, 0.25) is 0 Å². The SMILES string of the molecule is CCC(c1ccc(C)cc1)(c1ccc(O)cc1)C1CCCC1. The van der Waals surface area contributed by atoms with E-state index in [9.17, 15) is 5.11 Å². The van der Waals surface area contributed by atoms with Crippen LogP contribution in [0.1, 0.15) is 55.7 Å². The van der Waals surface area contributed by atoms with Gasteiger partial charge in [0.2, 0.25) is 0 Å². The highest BCUT2D eigenvalue weighted by atomic mass is 16.3. The van der Waals surface area contributed by atoms with Crippen molar-refractivity contribution in [1.29, 1.82) is 0 Å². The molecule has 0 heterocycles. The molecule has 0 spiro atoms. The van der Waals surface area contributed by atoms with E-state index < -0.39 is 0 Å². The summed E-state index contributed by atoms with van der Waals surface area (Å²) in [6.45, 7) is 4.46. The largest absolute Gasteiger partial charge is 0.508 e. The molecule has 0 aromatic heterocycles. The highest BCUT2D eigenvalue weighted by Gasteiger charge is 2.41. The van der Waals surface area contributed by atoms with Crippen LogP contribution in [0.15, 0.2) is 48.5 Å². The van der Waals surface area contributed by atoms with Crippen LogP contribution in [-0.2, 0) is 5.41 Å². The minimum absolute atomic E-state index is 0.0813. The van der Waals surface area contributed by atoms with E-state index in [0.29, 0.717) is 11.7 Å². The Morgan fingerprint density at radius 3 is 1.91 bits per heavy atom. The lowest BCUT2D eigenvalue weighted by molar-refractivity contribution is 0.314. The molecule has 2 aromatic rings. The summed E-state index contributed by atoms with van der Waals surface area (Å²) in [5.41, 5.74) is 4.17. The number of phenols is 1. The van der Waals surface area contributed by atoms with Gasteiger partial charge in [0.05, 0.1) is 0 Å². The third kappa shape index (κ3) is 2.54. The van der Waals surface area contributed by atoms with Crippen LogP contribution < -0.4 is 0 Å².